The number of aliphatic hydroxyl groups excluding tert-OH is 1. The first-order valence-electron chi connectivity index (χ1n) is 15.1. The van der Waals surface area contributed by atoms with Gasteiger partial charge in [-0.15, -0.1) is 0 Å². The van der Waals surface area contributed by atoms with Crippen LogP contribution in [0, 0.1) is 5.82 Å². The molecule has 1 aliphatic heterocycles. The molecule has 6 rings (SSSR count). The highest BCUT2D eigenvalue weighted by Crippen LogP contribution is 2.35. The van der Waals surface area contributed by atoms with Crippen molar-refractivity contribution in [2.24, 2.45) is 0 Å². The van der Waals surface area contributed by atoms with Crippen LogP contribution in [0.2, 0.25) is 5.02 Å². The minimum absolute atomic E-state index is 0.128. The summed E-state index contributed by atoms with van der Waals surface area (Å²) in [5.41, 5.74) is -0.439. The third-order valence-corrected chi connectivity index (χ3v) is 9.03. The van der Waals surface area contributed by atoms with Crippen molar-refractivity contribution >= 4 is 29.1 Å². The molecule has 1 saturated heterocycles. The topological polar surface area (TPSA) is 134 Å². The van der Waals surface area contributed by atoms with Gasteiger partial charge in [-0.1, -0.05) is 17.7 Å². The molecule has 242 valence electrons. The summed E-state index contributed by atoms with van der Waals surface area (Å²) in [5.74, 6) is -1.12. The number of nitrogens with zero attached hydrogens (tertiary/aromatic N) is 7. The summed E-state index contributed by atoms with van der Waals surface area (Å²) in [6.07, 6.45) is 9.41. The summed E-state index contributed by atoms with van der Waals surface area (Å²) < 4.78 is 43.6. The number of carbonyl (C=O) groups is 1. The lowest BCUT2D eigenvalue weighted by molar-refractivity contribution is 0.102. The van der Waals surface area contributed by atoms with E-state index in [0.29, 0.717) is 11.6 Å². The molecule has 46 heavy (non-hydrogen) atoms. The van der Waals surface area contributed by atoms with Crippen molar-refractivity contribution in [2.45, 2.75) is 76.2 Å². The Balaban J connectivity index is 1.10. The summed E-state index contributed by atoms with van der Waals surface area (Å²) in [6, 6.07) is 2.35. The summed E-state index contributed by atoms with van der Waals surface area (Å²) in [4.78, 5) is 32.4. The minimum atomic E-state index is -2.99. The smallest absolute Gasteiger partial charge is 0.275 e. The van der Waals surface area contributed by atoms with Gasteiger partial charge < -0.3 is 20.6 Å². The van der Waals surface area contributed by atoms with Crippen LogP contribution in [0.4, 0.5) is 24.8 Å². The van der Waals surface area contributed by atoms with E-state index in [1.54, 1.807) is 23.3 Å². The maximum atomic E-state index is 14.8. The molecule has 4 aromatic rings. The number of rotatable bonds is 10. The predicted octanol–water partition coefficient (Wildman–Crippen LogP) is 5.19. The Morgan fingerprint density at radius 3 is 2.54 bits per heavy atom. The predicted molar refractivity (Wildman–Crippen MR) is 165 cm³/mol. The van der Waals surface area contributed by atoms with Crippen molar-refractivity contribution in [3.05, 3.63) is 77.0 Å². The molecule has 1 aliphatic carbocycles. The molecule has 3 N–H and O–H groups in total. The zero-order chi connectivity index (χ0) is 32.5. The van der Waals surface area contributed by atoms with Gasteiger partial charge in [0.25, 0.3) is 12.3 Å². The SMILES string of the molecule is CC(N[C@@H]1CCC[C@H]1O)[C@@H]1CCN1c1ncc(C(C)n2cc(NC(=O)c3cncc(-c4c(C(F)F)ccc(Cl)c4F)n3)cn2)cn1. The van der Waals surface area contributed by atoms with Crippen molar-refractivity contribution < 1.29 is 23.1 Å². The number of halogens is 4. The monoisotopic (exact) mass is 655 g/mol. The lowest BCUT2D eigenvalue weighted by atomic mass is 9.95. The molecule has 1 aromatic carbocycles. The van der Waals surface area contributed by atoms with Crippen LogP contribution in [0.25, 0.3) is 11.3 Å². The molecule has 15 heteroatoms. The first-order chi connectivity index (χ1) is 22.1. The highest BCUT2D eigenvalue weighted by atomic mass is 35.5. The fraction of sp³-hybridized carbons (Fsp3) is 0.419. The Labute approximate surface area is 268 Å². The Bertz CT molecular complexity index is 1710. The van der Waals surface area contributed by atoms with Gasteiger partial charge in [0.1, 0.15) is 5.69 Å². The molecule has 11 nitrogen and oxygen atoms in total. The van der Waals surface area contributed by atoms with Crippen molar-refractivity contribution in [2.75, 3.05) is 16.8 Å². The lowest BCUT2D eigenvalue weighted by Gasteiger charge is -2.45. The molecule has 4 heterocycles. The number of anilines is 2. The largest absolute Gasteiger partial charge is 0.392 e. The second-order valence-electron chi connectivity index (χ2n) is 11.7. The second-order valence-corrected chi connectivity index (χ2v) is 12.1. The summed E-state index contributed by atoms with van der Waals surface area (Å²) in [7, 11) is 0. The van der Waals surface area contributed by atoms with Crippen LogP contribution in [-0.4, -0.2) is 71.5 Å². The van der Waals surface area contributed by atoms with E-state index in [4.69, 9.17) is 11.6 Å². The van der Waals surface area contributed by atoms with Crippen molar-refractivity contribution in [1.29, 1.82) is 0 Å². The molecule has 2 aliphatic rings. The van der Waals surface area contributed by atoms with Gasteiger partial charge in [-0.25, -0.2) is 28.1 Å². The Hall–Kier alpha value is -4.14. The number of benzene rings is 1. The van der Waals surface area contributed by atoms with E-state index < -0.39 is 29.3 Å². The standard InChI is InChI=1S/C31H33ClF3N9O2/c1-16(40-22-4-3-5-26(22)45)25-8-9-43(25)31-37-10-18(11-38-31)17(2)44-15-19(12-39-44)41-30(46)24-14-36-13-23(42-24)27-20(29(34)35)6-7-21(32)28(27)33/h6-7,10-17,22,25-26,29,40,45H,3-5,8-9H2,1-2H3,(H,41,46)/t16?,17?,22-,25+,26-/m1/s1. The highest BCUT2D eigenvalue weighted by molar-refractivity contribution is 6.31. The van der Waals surface area contributed by atoms with Gasteiger partial charge in [0, 0.05) is 60.0 Å². The Morgan fingerprint density at radius 1 is 1.09 bits per heavy atom. The normalized spacial score (nSPS) is 20.9. The van der Waals surface area contributed by atoms with Gasteiger partial charge in [0.15, 0.2) is 5.82 Å². The molecule has 3 aromatic heterocycles. The molecule has 0 spiro atoms. The van der Waals surface area contributed by atoms with Crippen LogP contribution >= 0.6 is 11.6 Å². The average Bonchev–Trinajstić information content (AvgIpc) is 3.66. The van der Waals surface area contributed by atoms with Crippen LogP contribution in [0.5, 0.6) is 0 Å². The first-order valence-corrected chi connectivity index (χ1v) is 15.4. The number of amides is 1. The van der Waals surface area contributed by atoms with Crippen LogP contribution in [0.15, 0.2) is 49.3 Å². The van der Waals surface area contributed by atoms with Crippen molar-refractivity contribution in [1.82, 2.24) is 35.0 Å². The number of alkyl halides is 2. The van der Waals surface area contributed by atoms with E-state index in [2.05, 4.69) is 47.5 Å². The van der Waals surface area contributed by atoms with Gasteiger partial charge in [-0.3, -0.25) is 14.5 Å². The Kier molecular flexibility index (Phi) is 9.20. The van der Waals surface area contributed by atoms with Gasteiger partial charge in [-0.05, 0) is 45.6 Å². The van der Waals surface area contributed by atoms with Crippen LogP contribution < -0.4 is 15.5 Å². The number of hydrogen-bond acceptors (Lipinski definition) is 9. The molecule has 2 unspecified atom stereocenters. The van der Waals surface area contributed by atoms with E-state index in [-0.39, 0.29) is 46.7 Å². The van der Waals surface area contributed by atoms with Crippen molar-refractivity contribution in [3.8, 4) is 11.3 Å². The molecule has 5 atom stereocenters. The number of aromatic nitrogens is 6. The lowest BCUT2D eigenvalue weighted by Crippen LogP contribution is -2.60. The fourth-order valence-electron chi connectivity index (χ4n) is 6.02. The molecule has 1 saturated carbocycles. The van der Waals surface area contributed by atoms with E-state index in [1.165, 1.54) is 6.20 Å². The van der Waals surface area contributed by atoms with E-state index in [0.717, 1.165) is 62.3 Å². The van der Waals surface area contributed by atoms with Crippen LogP contribution in [-0.2, 0) is 0 Å². The van der Waals surface area contributed by atoms with E-state index in [1.807, 2.05) is 6.92 Å². The summed E-state index contributed by atoms with van der Waals surface area (Å²) >= 11 is 5.82. The molecule has 2 fully saturated rings. The summed E-state index contributed by atoms with van der Waals surface area (Å²) in [5, 5.41) is 20.4. The number of hydrogen-bond donors (Lipinski definition) is 3. The first kappa shape index (κ1) is 31.8. The van der Waals surface area contributed by atoms with Crippen LogP contribution in [0.1, 0.15) is 73.6 Å². The molecular weight excluding hydrogens is 623 g/mol. The number of nitrogens with one attached hydrogen (secondary N) is 2. The van der Waals surface area contributed by atoms with Gasteiger partial charge in [0.2, 0.25) is 5.95 Å². The minimum Gasteiger partial charge on any atom is -0.392 e. The zero-order valence-corrected chi connectivity index (χ0v) is 25.9. The average molecular weight is 656 g/mol. The van der Waals surface area contributed by atoms with E-state index >= 15 is 0 Å². The third-order valence-electron chi connectivity index (χ3n) is 8.74. The highest BCUT2D eigenvalue weighted by Gasteiger charge is 2.37. The zero-order valence-electron chi connectivity index (χ0n) is 25.1. The van der Waals surface area contributed by atoms with Crippen molar-refractivity contribution in [3.63, 3.8) is 0 Å². The number of aliphatic hydroxyl groups is 1. The van der Waals surface area contributed by atoms with Gasteiger partial charge >= 0.3 is 0 Å². The molecule has 0 bridgehead atoms. The molecule has 0 radical (unpaired) electrons. The maximum absolute atomic E-state index is 14.8. The second kappa shape index (κ2) is 13.3. The Morgan fingerprint density at radius 2 is 1.87 bits per heavy atom. The van der Waals surface area contributed by atoms with E-state index in [9.17, 15) is 23.1 Å². The summed E-state index contributed by atoms with van der Waals surface area (Å²) in [6.45, 7) is 4.91. The van der Waals surface area contributed by atoms with Gasteiger partial charge in [0.05, 0.1) is 47.1 Å². The maximum Gasteiger partial charge on any atom is 0.275 e. The third kappa shape index (κ3) is 6.42. The molecule has 1 amide bonds. The van der Waals surface area contributed by atoms with Crippen LogP contribution in [0.3, 0.4) is 0 Å². The number of carbonyl (C=O) groups excluding carboxylic acids is 1. The van der Waals surface area contributed by atoms with Gasteiger partial charge in [-0.2, -0.15) is 5.10 Å². The quantitative estimate of drug-likeness (QED) is 0.211. The molecular formula is C31H33ClF3N9O2. The fourth-order valence-corrected chi connectivity index (χ4v) is 6.18.